The molecule has 246 valence electrons. The molecule has 4 fully saturated rings. The maximum atomic E-state index is 14.4. The topological polar surface area (TPSA) is 73.9 Å². The molecule has 0 aromatic heterocycles. The van der Waals surface area contributed by atoms with Crippen LogP contribution in [0.2, 0.25) is 0 Å². The average molecular weight is 625 g/mol. The van der Waals surface area contributed by atoms with Crippen molar-refractivity contribution in [1.29, 1.82) is 0 Å². The van der Waals surface area contributed by atoms with E-state index in [0.29, 0.717) is 17.9 Å². The molecular weight excluding hydrogens is 572 g/mol. The number of hydrazine groups is 1. The summed E-state index contributed by atoms with van der Waals surface area (Å²) in [5, 5.41) is 5.58. The van der Waals surface area contributed by atoms with Crippen LogP contribution in [-0.4, -0.2) is 49.1 Å². The third kappa shape index (κ3) is 7.00. The van der Waals surface area contributed by atoms with Gasteiger partial charge in [0.05, 0.1) is 7.11 Å². The highest BCUT2D eigenvalue weighted by molar-refractivity contribution is 5.95. The predicted octanol–water partition coefficient (Wildman–Crippen LogP) is 7.11. The molecule has 2 amide bonds. The number of carbonyl (C=O) groups excluding carboxylic acids is 2. The van der Waals surface area contributed by atoms with Crippen LogP contribution in [0.15, 0.2) is 48.7 Å². The van der Waals surface area contributed by atoms with E-state index >= 15 is 0 Å². The summed E-state index contributed by atoms with van der Waals surface area (Å²) in [7, 11) is 1.74. The molecule has 4 aliphatic carbocycles. The van der Waals surface area contributed by atoms with Gasteiger partial charge in [-0.05, 0) is 136 Å². The van der Waals surface area contributed by atoms with Crippen molar-refractivity contribution < 1.29 is 14.3 Å². The van der Waals surface area contributed by atoms with Crippen molar-refractivity contribution in [3.63, 3.8) is 0 Å². The normalized spacial score (nSPS) is 26.7. The minimum Gasteiger partial charge on any atom is -0.496 e. The summed E-state index contributed by atoms with van der Waals surface area (Å²) in [6.07, 6.45) is 16.1. The van der Waals surface area contributed by atoms with Crippen LogP contribution in [0.25, 0.3) is 5.57 Å². The van der Waals surface area contributed by atoms with E-state index in [9.17, 15) is 9.59 Å². The van der Waals surface area contributed by atoms with Gasteiger partial charge in [0.2, 0.25) is 11.8 Å². The van der Waals surface area contributed by atoms with Crippen molar-refractivity contribution in [3.8, 4) is 5.75 Å². The van der Waals surface area contributed by atoms with Crippen molar-refractivity contribution in [2.24, 2.45) is 17.8 Å². The number of nitrogens with one attached hydrogen (secondary N) is 2. The quantitative estimate of drug-likeness (QED) is 0.295. The fraction of sp³-hybridized carbons (Fsp3) is 0.590. The second-order valence-electron chi connectivity index (χ2n) is 14.8. The Hall–Kier alpha value is -3.32. The lowest BCUT2D eigenvalue weighted by molar-refractivity contribution is -0.128. The molecule has 5 aliphatic rings. The highest BCUT2D eigenvalue weighted by atomic mass is 16.5. The van der Waals surface area contributed by atoms with Gasteiger partial charge in [-0.1, -0.05) is 30.7 Å². The Bertz CT molecular complexity index is 1430. The second kappa shape index (κ2) is 13.8. The summed E-state index contributed by atoms with van der Waals surface area (Å²) in [6.45, 7) is 3.74. The standard InChI is InChI=1S/C39H52N4O3/c1-26-21-32(15-20-37(26)46-2)28-11-9-27(10-12-28)24-42(36-8-4-7-31(22-36)33-23-40-43(25-33)35-18-19-35)39(45)30-13-16-34(17-14-30)41-38(44)29-5-3-6-29/h4,7-8,15,20-22,25,27-30,34-35,40H,3,5-6,9-14,16-19,23-24H2,1-2H3,(H,41,44)/t27-,28-,30-,34-. The first-order valence-corrected chi connectivity index (χ1v) is 18.0. The summed E-state index contributed by atoms with van der Waals surface area (Å²) in [5.41, 5.74) is 9.67. The number of hydrogen-bond acceptors (Lipinski definition) is 5. The molecule has 7 rings (SSSR count). The Kier molecular flexibility index (Phi) is 9.39. The highest BCUT2D eigenvalue weighted by Gasteiger charge is 2.35. The number of amides is 2. The summed E-state index contributed by atoms with van der Waals surface area (Å²) in [6, 6.07) is 16.2. The van der Waals surface area contributed by atoms with Gasteiger partial charge in [-0.25, -0.2) is 5.43 Å². The van der Waals surface area contributed by atoms with Gasteiger partial charge in [0.15, 0.2) is 0 Å². The third-order valence-corrected chi connectivity index (χ3v) is 11.6. The summed E-state index contributed by atoms with van der Waals surface area (Å²) in [5.74, 6) is 2.73. The maximum Gasteiger partial charge on any atom is 0.230 e. The first kappa shape index (κ1) is 31.3. The lowest BCUT2D eigenvalue weighted by Crippen LogP contribution is -2.45. The van der Waals surface area contributed by atoms with Crippen molar-refractivity contribution >= 4 is 23.1 Å². The van der Waals surface area contributed by atoms with E-state index in [1.165, 1.54) is 41.5 Å². The van der Waals surface area contributed by atoms with E-state index in [4.69, 9.17) is 4.74 Å². The zero-order valence-electron chi connectivity index (χ0n) is 27.8. The van der Waals surface area contributed by atoms with Gasteiger partial charge < -0.3 is 20.0 Å². The number of benzene rings is 2. The molecule has 7 heteroatoms. The first-order valence-electron chi connectivity index (χ1n) is 18.0. The third-order valence-electron chi connectivity index (χ3n) is 11.6. The molecule has 0 unspecified atom stereocenters. The molecule has 1 heterocycles. The minimum atomic E-state index is 0.0110. The fourth-order valence-corrected chi connectivity index (χ4v) is 8.18. The fourth-order valence-electron chi connectivity index (χ4n) is 8.18. The number of ether oxygens (including phenoxy) is 1. The van der Waals surface area contributed by atoms with Crippen LogP contribution in [-0.2, 0) is 9.59 Å². The van der Waals surface area contributed by atoms with Crippen molar-refractivity contribution in [1.82, 2.24) is 15.8 Å². The smallest absolute Gasteiger partial charge is 0.230 e. The number of nitrogens with zero attached hydrogens (tertiary/aromatic N) is 2. The van der Waals surface area contributed by atoms with E-state index in [1.807, 2.05) is 0 Å². The molecule has 0 spiro atoms. The Morgan fingerprint density at radius 2 is 1.70 bits per heavy atom. The van der Waals surface area contributed by atoms with Gasteiger partial charge in [0.1, 0.15) is 5.75 Å². The zero-order valence-corrected chi connectivity index (χ0v) is 27.8. The van der Waals surface area contributed by atoms with E-state index in [2.05, 4.69) is 76.2 Å². The predicted molar refractivity (Wildman–Crippen MR) is 183 cm³/mol. The van der Waals surface area contributed by atoms with E-state index in [-0.39, 0.29) is 29.7 Å². The van der Waals surface area contributed by atoms with Crippen LogP contribution >= 0.6 is 0 Å². The molecule has 2 aromatic carbocycles. The molecule has 0 radical (unpaired) electrons. The molecule has 46 heavy (non-hydrogen) atoms. The zero-order chi connectivity index (χ0) is 31.6. The second-order valence-corrected chi connectivity index (χ2v) is 14.8. The molecule has 2 N–H and O–H groups in total. The van der Waals surface area contributed by atoms with Crippen molar-refractivity contribution in [2.75, 3.05) is 25.1 Å². The Balaban J connectivity index is 1.04. The van der Waals surface area contributed by atoms with E-state index in [0.717, 1.165) is 88.7 Å². The number of aryl methyl sites for hydroxylation is 1. The van der Waals surface area contributed by atoms with Crippen LogP contribution in [0.5, 0.6) is 5.75 Å². The van der Waals surface area contributed by atoms with Crippen LogP contribution in [0.4, 0.5) is 5.69 Å². The van der Waals surface area contributed by atoms with Gasteiger partial charge in [-0.2, -0.15) is 0 Å². The Morgan fingerprint density at radius 1 is 0.913 bits per heavy atom. The monoisotopic (exact) mass is 624 g/mol. The Labute approximate surface area is 275 Å². The van der Waals surface area contributed by atoms with Crippen LogP contribution in [0.3, 0.4) is 0 Å². The van der Waals surface area contributed by atoms with Gasteiger partial charge in [-0.15, -0.1) is 0 Å². The molecular formula is C39H52N4O3. The highest BCUT2D eigenvalue weighted by Crippen LogP contribution is 2.39. The SMILES string of the molecule is COc1ccc([C@H]2CC[C@H](CN(c3cccc(C4=CN(C5CC5)NC4)c3)C(=O)[C@H]3CC[C@H](NC(=O)C4CCC4)CC3)CC2)cc1C. The summed E-state index contributed by atoms with van der Waals surface area (Å²) >= 11 is 0. The van der Waals surface area contributed by atoms with Crippen LogP contribution in [0, 0.1) is 24.7 Å². The average Bonchev–Trinajstić information content (AvgIpc) is 3.79. The number of methoxy groups -OCH3 is 1. The molecule has 2 aromatic rings. The van der Waals surface area contributed by atoms with Crippen molar-refractivity contribution in [3.05, 3.63) is 65.4 Å². The number of carbonyl (C=O) groups is 2. The molecule has 1 aliphatic heterocycles. The summed E-state index contributed by atoms with van der Waals surface area (Å²) < 4.78 is 5.50. The first-order chi connectivity index (χ1) is 22.4. The molecule has 0 saturated heterocycles. The molecule has 7 nitrogen and oxygen atoms in total. The minimum absolute atomic E-state index is 0.0110. The van der Waals surface area contributed by atoms with Gasteiger partial charge >= 0.3 is 0 Å². The van der Waals surface area contributed by atoms with E-state index < -0.39 is 0 Å². The summed E-state index contributed by atoms with van der Waals surface area (Å²) in [4.78, 5) is 29.1. The van der Waals surface area contributed by atoms with Gasteiger partial charge in [0.25, 0.3) is 0 Å². The maximum absolute atomic E-state index is 14.4. The van der Waals surface area contributed by atoms with Crippen molar-refractivity contribution in [2.45, 2.75) is 108 Å². The number of anilines is 1. The van der Waals surface area contributed by atoms with Crippen LogP contribution in [0.1, 0.15) is 106 Å². The Morgan fingerprint density at radius 3 is 2.37 bits per heavy atom. The molecule has 0 bridgehead atoms. The lowest BCUT2D eigenvalue weighted by Gasteiger charge is -2.37. The van der Waals surface area contributed by atoms with Gasteiger partial charge in [0, 0.05) is 48.9 Å². The molecule has 0 atom stereocenters. The number of hydrogen-bond donors (Lipinski definition) is 2. The number of rotatable bonds is 10. The van der Waals surface area contributed by atoms with Gasteiger partial charge in [-0.3, -0.25) is 9.59 Å². The lowest BCUT2D eigenvalue weighted by atomic mass is 9.78. The molecule has 4 saturated carbocycles. The van der Waals surface area contributed by atoms with Crippen LogP contribution < -0.4 is 20.4 Å². The largest absolute Gasteiger partial charge is 0.496 e. The van der Waals surface area contributed by atoms with E-state index in [1.54, 1.807) is 7.11 Å².